The van der Waals surface area contributed by atoms with Crippen LogP contribution in [-0.4, -0.2) is 38.4 Å². The fourth-order valence-electron chi connectivity index (χ4n) is 2.28. The summed E-state index contributed by atoms with van der Waals surface area (Å²) in [5.74, 6) is -0.0307. The normalized spacial score (nSPS) is 12.0. The Morgan fingerprint density at radius 3 is 2.68 bits per heavy atom. The number of hydrogen-bond donors (Lipinski definition) is 0. The van der Waals surface area contributed by atoms with Crippen LogP contribution >= 0.6 is 23.4 Å². The van der Waals surface area contributed by atoms with E-state index in [0.29, 0.717) is 10.2 Å². The van der Waals surface area contributed by atoms with Crippen molar-refractivity contribution < 1.29 is 4.79 Å². The topological polar surface area (TPSA) is 63.9 Å². The van der Waals surface area contributed by atoms with Crippen LogP contribution in [0.4, 0.5) is 5.69 Å². The number of halogens is 1. The van der Waals surface area contributed by atoms with Gasteiger partial charge < -0.3 is 4.90 Å². The van der Waals surface area contributed by atoms with Crippen molar-refractivity contribution in [2.75, 3.05) is 11.9 Å². The lowest BCUT2D eigenvalue weighted by Gasteiger charge is -2.20. The first-order valence-electron chi connectivity index (χ1n) is 7.60. The first-order valence-corrected chi connectivity index (χ1v) is 8.85. The second kappa shape index (κ2) is 7.67. The number of hydrogen-bond acceptors (Lipinski definition) is 5. The van der Waals surface area contributed by atoms with Crippen molar-refractivity contribution in [3.05, 3.63) is 59.6 Å². The number of nitrogens with zero attached hydrogens (tertiary/aromatic N) is 5. The minimum atomic E-state index is -0.353. The Labute approximate surface area is 154 Å². The third-order valence-electron chi connectivity index (χ3n) is 3.60. The molecule has 0 unspecified atom stereocenters. The van der Waals surface area contributed by atoms with Crippen LogP contribution in [-0.2, 0) is 4.79 Å². The molecule has 3 aromatic rings. The van der Waals surface area contributed by atoms with E-state index in [0.717, 1.165) is 11.4 Å². The number of carbonyl (C=O) groups is 1. The van der Waals surface area contributed by atoms with Gasteiger partial charge in [0.15, 0.2) is 0 Å². The lowest BCUT2D eigenvalue weighted by molar-refractivity contribution is -0.117. The quantitative estimate of drug-likeness (QED) is 0.641. The van der Waals surface area contributed by atoms with E-state index < -0.39 is 0 Å². The van der Waals surface area contributed by atoms with Crippen molar-refractivity contribution in [1.29, 1.82) is 0 Å². The van der Waals surface area contributed by atoms with Crippen molar-refractivity contribution in [1.82, 2.24) is 20.2 Å². The minimum Gasteiger partial charge on any atom is -0.315 e. The third-order valence-corrected chi connectivity index (χ3v) is 4.85. The van der Waals surface area contributed by atoms with Crippen LogP contribution in [0.1, 0.15) is 6.92 Å². The fraction of sp³-hybridized carbons (Fsp3) is 0.176. The molecule has 0 aliphatic heterocycles. The van der Waals surface area contributed by atoms with Crippen LogP contribution in [0, 0.1) is 0 Å². The summed E-state index contributed by atoms with van der Waals surface area (Å²) in [6.45, 7) is 1.84. The molecule has 0 saturated carbocycles. The Balaban J connectivity index is 1.77. The molecular formula is C17H16ClN5OS. The maximum atomic E-state index is 12.7. The third kappa shape index (κ3) is 4.00. The van der Waals surface area contributed by atoms with Gasteiger partial charge in [-0.2, -0.15) is 4.68 Å². The number of anilines is 1. The predicted octanol–water partition coefficient (Wildman–Crippen LogP) is 3.46. The highest BCUT2D eigenvalue weighted by Crippen LogP contribution is 2.26. The van der Waals surface area contributed by atoms with Crippen molar-refractivity contribution in [3.8, 4) is 5.69 Å². The summed E-state index contributed by atoms with van der Waals surface area (Å²) in [5.41, 5.74) is 1.59. The molecule has 6 nitrogen and oxygen atoms in total. The van der Waals surface area contributed by atoms with Gasteiger partial charge in [-0.3, -0.25) is 4.79 Å². The van der Waals surface area contributed by atoms with E-state index in [1.54, 1.807) is 28.8 Å². The van der Waals surface area contributed by atoms with Crippen LogP contribution in [0.25, 0.3) is 5.69 Å². The molecule has 3 rings (SSSR count). The molecule has 1 atom stereocenters. The first kappa shape index (κ1) is 17.4. The van der Waals surface area contributed by atoms with Gasteiger partial charge in [-0.15, -0.1) is 5.10 Å². The zero-order valence-corrected chi connectivity index (χ0v) is 15.3. The number of aromatic nitrogens is 4. The van der Waals surface area contributed by atoms with Gasteiger partial charge in [0.25, 0.3) is 0 Å². The average Bonchev–Trinajstić information content (AvgIpc) is 3.09. The molecular weight excluding hydrogens is 358 g/mol. The summed E-state index contributed by atoms with van der Waals surface area (Å²) in [6, 6.07) is 16.7. The second-order valence-electron chi connectivity index (χ2n) is 5.35. The zero-order valence-electron chi connectivity index (χ0n) is 13.7. The summed E-state index contributed by atoms with van der Waals surface area (Å²) in [5, 5.41) is 12.5. The number of tetrazole rings is 1. The zero-order chi connectivity index (χ0) is 17.8. The minimum absolute atomic E-state index is 0.0307. The Morgan fingerprint density at radius 2 is 1.96 bits per heavy atom. The largest absolute Gasteiger partial charge is 0.315 e. The number of carbonyl (C=O) groups excluding carboxylic acids is 1. The number of benzene rings is 2. The molecule has 8 heteroatoms. The summed E-state index contributed by atoms with van der Waals surface area (Å²) in [7, 11) is 1.76. The lowest BCUT2D eigenvalue weighted by Crippen LogP contribution is -2.33. The molecule has 0 aliphatic carbocycles. The average molecular weight is 374 g/mol. The van der Waals surface area contributed by atoms with Crippen molar-refractivity contribution in [2.45, 2.75) is 17.3 Å². The predicted molar refractivity (Wildman–Crippen MR) is 99.3 cm³/mol. The van der Waals surface area contributed by atoms with Gasteiger partial charge in [0, 0.05) is 17.8 Å². The molecule has 0 aliphatic rings. The van der Waals surface area contributed by atoms with Crippen molar-refractivity contribution in [3.63, 3.8) is 0 Å². The highest BCUT2D eigenvalue weighted by molar-refractivity contribution is 8.00. The Morgan fingerprint density at radius 1 is 1.20 bits per heavy atom. The lowest BCUT2D eigenvalue weighted by atomic mass is 10.3. The molecule has 0 N–H and O–H groups in total. The standard InChI is InChI=1S/C17H16ClN5OS/c1-12(16(24)22(2)14-8-4-3-5-9-14)25-17-19-20-21-23(17)15-10-6-7-13(18)11-15/h3-12H,1-2H3/t12-/m0/s1. The van der Waals surface area contributed by atoms with Gasteiger partial charge in [0.2, 0.25) is 11.1 Å². The van der Waals surface area contributed by atoms with E-state index >= 15 is 0 Å². The molecule has 0 fully saturated rings. The van der Waals surface area contributed by atoms with E-state index in [1.807, 2.05) is 49.4 Å². The smallest absolute Gasteiger partial charge is 0.240 e. The van der Waals surface area contributed by atoms with Gasteiger partial charge in [-0.1, -0.05) is 47.6 Å². The van der Waals surface area contributed by atoms with Crippen LogP contribution < -0.4 is 4.90 Å². The molecule has 25 heavy (non-hydrogen) atoms. The molecule has 1 aromatic heterocycles. The molecule has 0 bridgehead atoms. The summed E-state index contributed by atoms with van der Waals surface area (Å²) in [4.78, 5) is 14.3. The van der Waals surface area contributed by atoms with Crippen molar-refractivity contribution >= 4 is 35.0 Å². The first-order chi connectivity index (χ1) is 12.1. The van der Waals surface area contributed by atoms with Gasteiger partial charge in [-0.05, 0) is 47.7 Å². The van der Waals surface area contributed by atoms with Crippen LogP contribution in [0.15, 0.2) is 59.8 Å². The molecule has 128 valence electrons. The van der Waals surface area contributed by atoms with Crippen LogP contribution in [0.3, 0.4) is 0 Å². The van der Waals surface area contributed by atoms with Gasteiger partial charge in [0.05, 0.1) is 10.9 Å². The molecule has 1 heterocycles. The molecule has 1 amide bonds. The van der Waals surface area contributed by atoms with Gasteiger partial charge in [-0.25, -0.2) is 0 Å². The maximum absolute atomic E-state index is 12.7. The monoisotopic (exact) mass is 373 g/mol. The number of rotatable bonds is 5. The van der Waals surface area contributed by atoms with E-state index in [-0.39, 0.29) is 11.2 Å². The highest BCUT2D eigenvalue weighted by Gasteiger charge is 2.23. The Hall–Kier alpha value is -2.38. The van der Waals surface area contributed by atoms with E-state index in [9.17, 15) is 4.79 Å². The Kier molecular flexibility index (Phi) is 5.35. The van der Waals surface area contributed by atoms with E-state index in [4.69, 9.17) is 11.6 Å². The van der Waals surface area contributed by atoms with E-state index in [2.05, 4.69) is 15.5 Å². The maximum Gasteiger partial charge on any atom is 0.240 e. The molecule has 2 aromatic carbocycles. The SMILES string of the molecule is C[C@H](Sc1nnnn1-c1cccc(Cl)c1)C(=O)N(C)c1ccccc1. The fourth-order valence-corrected chi connectivity index (χ4v) is 3.37. The van der Waals surface area contributed by atoms with Crippen LogP contribution in [0.5, 0.6) is 0 Å². The Bertz CT molecular complexity index is 870. The highest BCUT2D eigenvalue weighted by atomic mass is 35.5. The van der Waals surface area contributed by atoms with Crippen molar-refractivity contribution in [2.24, 2.45) is 0 Å². The van der Waals surface area contributed by atoms with E-state index in [1.165, 1.54) is 11.8 Å². The molecule has 0 saturated heterocycles. The number of thioether (sulfide) groups is 1. The molecule has 0 radical (unpaired) electrons. The summed E-state index contributed by atoms with van der Waals surface area (Å²) < 4.78 is 1.57. The summed E-state index contributed by atoms with van der Waals surface area (Å²) in [6.07, 6.45) is 0. The molecule has 0 spiro atoms. The number of amides is 1. The second-order valence-corrected chi connectivity index (χ2v) is 7.09. The summed E-state index contributed by atoms with van der Waals surface area (Å²) >= 11 is 7.33. The number of para-hydroxylation sites is 1. The van der Waals surface area contributed by atoms with Gasteiger partial charge >= 0.3 is 0 Å². The van der Waals surface area contributed by atoms with Gasteiger partial charge in [0.1, 0.15) is 0 Å². The van der Waals surface area contributed by atoms with Crippen LogP contribution in [0.2, 0.25) is 5.02 Å².